The van der Waals surface area contributed by atoms with Gasteiger partial charge in [0.2, 0.25) is 5.13 Å². The van der Waals surface area contributed by atoms with Crippen molar-refractivity contribution in [1.82, 2.24) is 4.98 Å². The third-order valence-electron chi connectivity index (χ3n) is 5.34. The SMILES string of the molecule is COc1ccc([C@H]2CC(c3cccs3)=NN2c2nc(-c3ccc(Br)cc3)cs2)cc1OC. The predicted molar refractivity (Wildman–Crippen MR) is 135 cm³/mol. The zero-order valence-corrected chi connectivity index (χ0v) is 20.7. The van der Waals surface area contributed by atoms with Crippen LogP contribution in [0.3, 0.4) is 0 Å². The lowest BCUT2D eigenvalue weighted by Crippen LogP contribution is -2.18. The van der Waals surface area contributed by atoms with Crippen molar-refractivity contribution in [3.8, 4) is 22.8 Å². The van der Waals surface area contributed by atoms with Gasteiger partial charge in [-0.1, -0.05) is 40.2 Å². The standard InChI is InChI=1S/C24H20BrN3O2S2/c1-29-21-10-7-16(12-22(21)30-2)20-13-18(23-4-3-11-31-23)27-28(20)24-26-19(14-32-24)15-5-8-17(25)9-6-15/h3-12,14,20H,13H2,1-2H3/t20-/m1/s1. The molecule has 32 heavy (non-hydrogen) atoms. The Labute approximate surface area is 203 Å². The van der Waals surface area contributed by atoms with Crippen molar-refractivity contribution in [2.75, 3.05) is 19.2 Å². The average Bonchev–Trinajstić information content (AvgIpc) is 3.59. The summed E-state index contributed by atoms with van der Waals surface area (Å²) in [5, 5.41) is 12.1. The van der Waals surface area contributed by atoms with Crippen LogP contribution in [0.1, 0.15) is 22.9 Å². The average molecular weight is 526 g/mol. The first kappa shape index (κ1) is 21.2. The molecule has 0 spiro atoms. The van der Waals surface area contributed by atoms with Gasteiger partial charge in [-0.15, -0.1) is 22.7 Å². The number of nitrogens with zero attached hydrogens (tertiary/aromatic N) is 3. The number of hydrogen-bond donors (Lipinski definition) is 0. The minimum absolute atomic E-state index is 0.0239. The lowest BCUT2D eigenvalue weighted by atomic mass is 10.0. The fourth-order valence-corrected chi connectivity index (χ4v) is 5.54. The van der Waals surface area contributed by atoms with Crippen molar-refractivity contribution in [2.45, 2.75) is 12.5 Å². The second-order valence-corrected chi connectivity index (χ2v) is 9.93. The lowest BCUT2D eigenvalue weighted by molar-refractivity contribution is 0.354. The molecule has 0 fully saturated rings. The number of thiophene rings is 1. The topological polar surface area (TPSA) is 47.0 Å². The van der Waals surface area contributed by atoms with Crippen LogP contribution < -0.4 is 14.5 Å². The van der Waals surface area contributed by atoms with Gasteiger partial charge in [-0.2, -0.15) is 5.10 Å². The van der Waals surface area contributed by atoms with Gasteiger partial charge in [-0.3, -0.25) is 0 Å². The number of hydrazone groups is 1. The summed E-state index contributed by atoms with van der Waals surface area (Å²) in [6, 6.07) is 18.5. The maximum absolute atomic E-state index is 5.55. The fraction of sp³-hybridized carbons (Fsp3) is 0.167. The van der Waals surface area contributed by atoms with E-state index in [4.69, 9.17) is 19.6 Å². The van der Waals surface area contributed by atoms with Gasteiger partial charge >= 0.3 is 0 Å². The number of aromatic nitrogens is 1. The van der Waals surface area contributed by atoms with Crippen LogP contribution in [0, 0.1) is 0 Å². The Kier molecular flexibility index (Phi) is 5.99. The molecule has 0 amide bonds. The van der Waals surface area contributed by atoms with Crippen molar-refractivity contribution in [2.24, 2.45) is 5.10 Å². The maximum atomic E-state index is 5.55. The van der Waals surface area contributed by atoms with E-state index < -0.39 is 0 Å². The lowest BCUT2D eigenvalue weighted by Gasteiger charge is -2.22. The molecule has 5 nitrogen and oxygen atoms in total. The molecule has 8 heteroatoms. The quantitative estimate of drug-likeness (QED) is 0.271. The first-order valence-electron chi connectivity index (χ1n) is 10.00. The molecule has 2 aromatic carbocycles. The molecule has 0 N–H and O–H groups in total. The first-order chi connectivity index (χ1) is 15.7. The number of thiazole rings is 1. The second-order valence-electron chi connectivity index (χ2n) is 7.23. The van der Waals surface area contributed by atoms with Crippen LogP contribution in [0.25, 0.3) is 11.3 Å². The monoisotopic (exact) mass is 525 g/mol. The number of hydrogen-bond acceptors (Lipinski definition) is 7. The van der Waals surface area contributed by atoms with Crippen LogP contribution in [0.15, 0.2) is 74.9 Å². The zero-order valence-electron chi connectivity index (χ0n) is 17.5. The first-order valence-corrected chi connectivity index (χ1v) is 12.6. The molecule has 3 heterocycles. The smallest absolute Gasteiger partial charge is 0.207 e. The van der Waals surface area contributed by atoms with Gasteiger partial charge in [-0.05, 0) is 41.3 Å². The predicted octanol–water partition coefficient (Wildman–Crippen LogP) is 7.01. The van der Waals surface area contributed by atoms with Gasteiger partial charge in [-0.25, -0.2) is 9.99 Å². The van der Waals surface area contributed by atoms with E-state index in [2.05, 4.69) is 57.0 Å². The summed E-state index contributed by atoms with van der Waals surface area (Å²) in [7, 11) is 3.31. The molecule has 4 aromatic rings. The number of halogens is 1. The molecule has 0 saturated heterocycles. The second kappa shape index (κ2) is 9.05. The van der Waals surface area contributed by atoms with Crippen LogP contribution in [0.5, 0.6) is 11.5 Å². The molecule has 2 aromatic heterocycles. The third-order valence-corrected chi connectivity index (χ3v) is 7.61. The Morgan fingerprint density at radius 3 is 2.53 bits per heavy atom. The van der Waals surface area contributed by atoms with Crippen molar-refractivity contribution >= 4 is 49.4 Å². The third kappa shape index (κ3) is 4.05. The number of benzene rings is 2. The molecule has 0 saturated carbocycles. The van der Waals surface area contributed by atoms with E-state index >= 15 is 0 Å². The Bertz CT molecular complexity index is 1250. The van der Waals surface area contributed by atoms with Crippen LogP contribution in [0.2, 0.25) is 0 Å². The summed E-state index contributed by atoms with van der Waals surface area (Å²) < 4.78 is 12.0. The van der Waals surface area contributed by atoms with E-state index in [-0.39, 0.29) is 6.04 Å². The molecule has 1 aliphatic heterocycles. The van der Waals surface area contributed by atoms with E-state index in [1.165, 1.54) is 4.88 Å². The number of rotatable bonds is 6. The molecule has 5 rings (SSSR count). The maximum Gasteiger partial charge on any atom is 0.207 e. The van der Waals surface area contributed by atoms with Crippen LogP contribution >= 0.6 is 38.6 Å². The van der Waals surface area contributed by atoms with Crippen molar-refractivity contribution < 1.29 is 9.47 Å². The highest BCUT2D eigenvalue weighted by atomic mass is 79.9. The molecule has 162 valence electrons. The molecule has 1 atom stereocenters. The number of anilines is 1. The van der Waals surface area contributed by atoms with E-state index in [1.807, 2.05) is 29.3 Å². The molecule has 1 aliphatic rings. The van der Waals surface area contributed by atoms with Crippen LogP contribution in [-0.2, 0) is 0 Å². The summed E-state index contributed by atoms with van der Waals surface area (Å²) in [5.74, 6) is 1.43. The van der Waals surface area contributed by atoms with Crippen LogP contribution in [-0.4, -0.2) is 24.9 Å². The summed E-state index contributed by atoms with van der Waals surface area (Å²) in [4.78, 5) is 6.11. The largest absolute Gasteiger partial charge is 0.493 e. The summed E-state index contributed by atoms with van der Waals surface area (Å²) >= 11 is 6.81. The highest BCUT2D eigenvalue weighted by Crippen LogP contribution is 2.42. The van der Waals surface area contributed by atoms with E-state index in [1.54, 1.807) is 36.9 Å². The highest BCUT2D eigenvalue weighted by molar-refractivity contribution is 9.10. The van der Waals surface area contributed by atoms with Gasteiger partial charge < -0.3 is 9.47 Å². The molecule has 0 bridgehead atoms. The van der Waals surface area contributed by atoms with Gasteiger partial charge in [0.25, 0.3) is 0 Å². The minimum Gasteiger partial charge on any atom is -0.493 e. The highest BCUT2D eigenvalue weighted by Gasteiger charge is 2.32. The van der Waals surface area contributed by atoms with E-state index in [9.17, 15) is 0 Å². The Morgan fingerprint density at radius 2 is 1.81 bits per heavy atom. The van der Waals surface area contributed by atoms with E-state index in [0.717, 1.165) is 38.6 Å². The normalized spacial score (nSPS) is 15.7. The molecule has 0 aliphatic carbocycles. The summed E-state index contributed by atoms with van der Waals surface area (Å²) in [6.45, 7) is 0. The molecule has 0 radical (unpaired) electrons. The van der Waals surface area contributed by atoms with Gasteiger partial charge in [0.05, 0.1) is 36.5 Å². The van der Waals surface area contributed by atoms with Crippen molar-refractivity contribution in [3.63, 3.8) is 0 Å². The Hall–Kier alpha value is -2.68. The van der Waals surface area contributed by atoms with Gasteiger partial charge in [0, 0.05) is 21.8 Å². The fourth-order valence-electron chi connectivity index (χ4n) is 3.72. The molecule has 0 unspecified atom stereocenters. The van der Waals surface area contributed by atoms with Gasteiger partial charge in [0.15, 0.2) is 11.5 Å². The summed E-state index contributed by atoms with van der Waals surface area (Å²) in [5.41, 5.74) is 4.21. The van der Waals surface area contributed by atoms with Crippen molar-refractivity contribution in [3.05, 3.63) is 80.3 Å². The number of ether oxygens (including phenoxy) is 2. The van der Waals surface area contributed by atoms with Crippen LogP contribution in [0.4, 0.5) is 5.13 Å². The van der Waals surface area contributed by atoms with Crippen molar-refractivity contribution in [1.29, 1.82) is 0 Å². The molecular weight excluding hydrogens is 506 g/mol. The minimum atomic E-state index is 0.0239. The summed E-state index contributed by atoms with van der Waals surface area (Å²) in [6.07, 6.45) is 0.795. The Balaban J connectivity index is 1.53. The van der Waals surface area contributed by atoms with E-state index in [0.29, 0.717) is 11.5 Å². The van der Waals surface area contributed by atoms with Gasteiger partial charge in [0.1, 0.15) is 0 Å². The number of methoxy groups -OCH3 is 2. The zero-order chi connectivity index (χ0) is 22.1. The molecular formula is C24H20BrN3O2S2. The Morgan fingerprint density at radius 1 is 1.00 bits per heavy atom.